The summed E-state index contributed by atoms with van der Waals surface area (Å²) in [6, 6.07) is 18.5. The van der Waals surface area contributed by atoms with Crippen LogP contribution in [0, 0.1) is 5.82 Å². The van der Waals surface area contributed by atoms with Gasteiger partial charge in [0.05, 0.1) is 6.42 Å². The molecule has 0 spiro atoms. The number of aromatic nitrogens is 1. The quantitative estimate of drug-likeness (QED) is 0.766. The van der Waals surface area contributed by atoms with Gasteiger partial charge in [-0.1, -0.05) is 30.3 Å². The number of hydrogen-bond donors (Lipinski definition) is 1. The number of carbonyl (C=O) groups is 1. The third kappa shape index (κ3) is 4.16. The highest BCUT2D eigenvalue weighted by Gasteiger charge is 2.10. The van der Waals surface area contributed by atoms with Crippen molar-refractivity contribution in [3.05, 3.63) is 84.3 Å². The van der Waals surface area contributed by atoms with Crippen molar-refractivity contribution >= 4 is 11.6 Å². The van der Waals surface area contributed by atoms with E-state index in [9.17, 15) is 9.18 Å². The second-order valence-electron chi connectivity index (χ2n) is 5.13. The van der Waals surface area contributed by atoms with Crippen LogP contribution in [0.2, 0.25) is 0 Å². The first kappa shape index (κ1) is 15.7. The van der Waals surface area contributed by atoms with Gasteiger partial charge >= 0.3 is 0 Å². The van der Waals surface area contributed by atoms with Gasteiger partial charge in [0, 0.05) is 6.20 Å². The van der Waals surface area contributed by atoms with Crippen LogP contribution in [0.4, 0.5) is 10.1 Å². The number of rotatable bonds is 5. The predicted molar refractivity (Wildman–Crippen MR) is 89.5 cm³/mol. The molecule has 0 bridgehead atoms. The molecule has 24 heavy (non-hydrogen) atoms. The summed E-state index contributed by atoms with van der Waals surface area (Å²) < 4.78 is 18.9. The lowest BCUT2D eigenvalue weighted by atomic mass is 10.1. The molecule has 3 rings (SSSR count). The second kappa shape index (κ2) is 7.37. The molecule has 120 valence electrons. The van der Waals surface area contributed by atoms with Crippen molar-refractivity contribution in [3.8, 4) is 11.6 Å². The maximum atomic E-state index is 13.2. The standard InChI is InChI=1S/C19H15FN2O2/c20-15-7-4-6-14(12-15)13-18(23)22-17-10-5-11-21-19(17)24-16-8-2-1-3-9-16/h1-12H,13H2,(H,22,23). The summed E-state index contributed by atoms with van der Waals surface area (Å²) in [6.07, 6.45) is 1.65. The van der Waals surface area contributed by atoms with E-state index in [4.69, 9.17) is 4.74 Å². The molecule has 1 aromatic heterocycles. The third-order valence-corrected chi connectivity index (χ3v) is 3.26. The van der Waals surface area contributed by atoms with Gasteiger partial charge in [-0.15, -0.1) is 0 Å². The van der Waals surface area contributed by atoms with Crippen molar-refractivity contribution in [2.24, 2.45) is 0 Å². The third-order valence-electron chi connectivity index (χ3n) is 3.26. The van der Waals surface area contributed by atoms with Gasteiger partial charge in [-0.25, -0.2) is 9.37 Å². The van der Waals surface area contributed by atoms with Crippen molar-refractivity contribution in [3.63, 3.8) is 0 Å². The van der Waals surface area contributed by atoms with Gasteiger partial charge in [-0.2, -0.15) is 0 Å². The summed E-state index contributed by atoms with van der Waals surface area (Å²) in [5.41, 5.74) is 1.06. The molecule has 0 aliphatic rings. The molecule has 3 aromatic rings. The highest BCUT2D eigenvalue weighted by atomic mass is 19.1. The van der Waals surface area contributed by atoms with Crippen molar-refractivity contribution in [2.45, 2.75) is 6.42 Å². The fraction of sp³-hybridized carbons (Fsp3) is 0.0526. The number of ether oxygens (including phenoxy) is 1. The molecule has 0 aliphatic heterocycles. The van der Waals surface area contributed by atoms with E-state index in [1.54, 1.807) is 42.6 Å². The van der Waals surface area contributed by atoms with Crippen LogP contribution in [0.5, 0.6) is 11.6 Å². The molecule has 0 saturated heterocycles. The maximum absolute atomic E-state index is 13.2. The molecule has 1 amide bonds. The van der Waals surface area contributed by atoms with Crippen molar-refractivity contribution in [1.82, 2.24) is 4.98 Å². The second-order valence-corrected chi connectivity index (χ2v) is 5.13. The number of pyridine rings is 1. The number of para-hydroxylation sites is 1. The zero-order chi connectivity index (χ0) is 16.8. The highest BCUT2D eigenvalue weighted by Crippen LogP contribution is 2.26. The minimum absolute atomic E-state index is 0.0669. The first-order valence-electron chi connectivity index (χ1n) is 7.43. The number of anilines is 1. The Kier molecular flexibility index (Phi) is 4.81. The lowest BCUT2D eigenvalue weighted by molar-refractivity contribution is -0.115. The fourth-order valence-electron chi connectivity index (χ4n) is 2.19. The predicted octanol–water partition coefficient (Wildman–Crippen LogP) is 4.19. The number of carbonyl (C=O) groups excluding carboxylic acids is 1. The molecule has 0 saturated carbocycles. The minimum atomic E-state index is -0.366. The van der Waals surface area contributed by atoms with Gasteiger partial charge in [0.15, 0.2) is 0 Å². The number of nitrogens with one attached hydrogen (secondary N) is 1. The molecule has 0 radical (unpaired) electrons. The number of halogens is 1. The first-order chi connectivity index (χ1) is 11.7. The minimum Gasteiger partial charge on any atom is -0.437 e. The summed E-state index contributed by atoms with van der Waals surface area (Å²) in [5, 5.41) is 2.75. The largest absolute Gasteiger partial charge is 0.437 e. The van der Waals surface area contributed by atoms with Crippen molar-refractivity contribution in [2.75, 3.05) is 5.32 Å². The molecule has 0 fully saturated rings. The fourth-order valence-corrected chi connectivity index (χ4v) is 2.19. The van der Waals surface area contributed by atoms with Gasteiger partial charge in [0.2, 0.25) is 11.8 Å². The van der Waals surface area contributed by atoms with Gasteiger partial charge in [-0.05, 0) is 42.0 Å². The van der Waals surface area contributed by atoms with Crippen molar-refractivity contribution < 1.29 is 13.9 Å². The average molecular weight is 322 g/mol. The summed E-state index contributed by atoms with van der Waals surface area (Å²) in [5.74, 6) is 0.286. The van der Waals surface area contributed by atoms with Gasteiger partial charge in [0.1, 0.15) is 17.3 Å². The molecule has 0 atom stereocenters. The molecular formula is C19H15FN2O2. The smallest absolute Gasteiger partial charge is 0.243 e. The molecule has 1 heterocycles. The van der Waals surface area contributed by atoms with Crippen LogP contribution in [0.25, 0.3) is 0 Å². The van der Waals surface area contributed by atoms with Gasteiger partial charge < -0.3 is 10.1 Å². The number of nitrogens with zero attached hydrogens (tertiary/aromatic N) is 1. The average Bonchev–Trinajstić information content (AvgIpc) is 2.57. The maximum Gasteiger partial charge on any atom is 0.243 e. The normalized spacial score (nSPS) is 10.2. The van der Waals surface area contributed by atoms with Crippen LogP contribution in [0.3, 0.4) is 0 Å². The van der Waals surface area contributed by atoms with E-state index in [1.807, 2.05) is 18.2 Å². The van der Waals surface area contributed by atoms with E-state index in [2.05, 4.69) is 10.3 Å². The Hall–Kier alpha value is -3.21. The molecule has 2 aromatic carbocycles. The Labute approximate surface area is 138 Å². The van der Waals surface area contributed by atoms with Crippen LogP contribution in [-0.4, -0.2) is 10.9 Å². The van der Waals surface area contributed by atoms with E-state index in [0.29, 0.717) is 22.9 Å². The highest BCUT2D eigenvalue weighted by molar-refractivity contribution is 5.93. The lowest BCUT2D eigenvalue weighted by Gasteiger charge is -2.11. The summed E-state index contributed by atoms with van der Waals surface area (Å²) >= 11 is 0. The molecule has 1 N–H and O–H groups in total. The van der Waals surface area contributed by atoms with Gasteiger partial charge in [0.25, 0.3) is 0 Å². The number of amides is 1. The zero-order valence-corrected chi connectivity index (χ0v) is 12.8. The Morgan fingerprint density at radius 2 is 1.88 bits per heavy atom. The topological polar surface area (TPSA) is 51.2 Å². The summed E-state index contributed by atoms with van der Waals surface area (Å²) in [7, 11) is 0. The van der Waals surface area contributed by atoms with E-state index >= 15 is 0 Å². The van der Waals surface area contributed by atoms with Gasteiger partial charge in [-0.3, -0.25) is 4.79 Å². The monoisotopic (exact) mass is 322 g/mol. The summed E-state index contributed by atoms with van der Waals surface area (Å²) in [4.78, 5) is 16.3. The molecule has 0 aliphatic carbocycles. The van der Waals surface area contributed by atoms with E-state index < -0.39 is 0 Å². The molecule has 4 nitrogen and oxygen atoms in total. The Morgan fingerprint density at radius 1 is 1.04 bits per heavy atom. The van der Waals surface area contributed by atoms with E-state index in [-0.39, 0.29) is 18.1 Å². The summed E-state index contributed by atoms with van der Waals surface area (Å²) in [6.45, 7) is 0. The number of benzene rings is 2. The van der Waals surface area contributed by atoms with E-state index in [1.165, 1.54) is 12.1 Å². The number of hydrogen-bond acceptors (Lipinski definition) is 3. The zero-order valence-electron chi connectivity index (χ0n) is 12.8. The van der Waals surface area contributed by atoms with E-state index in [0.717, 1.165) is 0 Å². The van der Waals surface area contributed by atoms with Crippen LogP contribution in [0.1, 0.15) is 5.56 Å². The van der Waals surface area contributed by atoms with Crippen molar-refractivity contribution in [1.29, 1.82) is 0 Å². The SMILES string of the molecule is O=C(Cc1cccc(F)c1)Nc1cccnc1Oc1ccccc1. The molecular weight excluding hydrogens is 307 g/mol. The van der Waals surface area contributed by atoms with Crippen LogP contribution in [0.15, 0.2) is 72.9 Å². The first-order valence-corrected chi connectivity index (χ1v) is 7.43. The van der Waals surface area contributed by atoms with Crippen LogP contribution in [-0.2, 0) is 11.2 Å². The Bertz CT molecular complexity index is 838. The van der Waals surface area contributed by atoms with Crippen LogP contribution < -0.4 is 10.1 Å². The Morgan fingerprint density at radius 3 is 2.67 bits per heavy atom. The Balaban J connectivity index is 1.72. The van der Waals surface area contributed by atoms with Crippen LogP contribution >= 0.6 is 0 Å². The molecule has 0 unspecified atom stereocenters. The molecule has 5 heteroatoms. The lowest BCUT2D eigenvalue weighted by Crippen LogP contribution is -2.15.